The van der Waals surface area contributed by atoms with Crippen LogP contribution in [0.25, 0.3) is 0 Å². The van der Waals surface area contributed by atoms with Crippen LogP contribution in [0.4, 0.5) is 11.4 Å². The number of ether oxygens (including phenoxy) is 1. The molecule has 0 bridgehead atoms. The number of nitro benzene ring substituents is 1. The van der Waals surface area contributed by atoms with E-state index in [1.165, 1.54) is 16.4 Å². The van der Waals surface area contributed by atoms with Crippen molar-refractivity contribution >= 4 is 38.9 Å². The van der Waals surface area contributed by atoms with Crippen molar-refractivity contribution in [1.82, 2.24) is 4.31 Å². The molecule has 11 heteroatoms. The first-order chi connectivity index (χ1) is 12.0. The predicted octanol–water partition coefficient (Wildman–Crippen LogP) is 1.52. The Bertz CT molecular complexity index is 782. The van der Waals surface area contributed by atoms with Crippen LogP contribution >= 0.6 is 11.8 Å². The lowest BCUT2D eigenvalue weighted by Gasteiger charge is -2.26. The third kappa shape index (κ3) is 4.11. The van der Waals surface area contributed by atoms with Crippen LogP contribution in [-0.4, -0.2) is 61.2 Å². The summed E-state index contributed by atoms with van der Waals surface area (Å²) < 4.78 is 32.3. The van der Waals surface area contributed by atoms with Crippen LogP contribution in [0.5, 0.6) is 0 Å². The highest BCUT2D eigenvalue weighted by molar-refractivity contribution is 8.00. The van der Waals surface area contributed by atoms with Crippen LogP contribution in [-0.2, 0) is 14.8 Å². The number of thioether (sulfide) groups is 1. The quantitative estimate of drug-likeness (QED) is 0.603. The number of nitro groups is 1. The van der Waals surface area contributed by atoms with E-state index in [0.29, 0.717) is 13.2 Å². The van der Waals surface area contributed by atoms with Crippen molar-refractivity contribution < 1.29 is 18.1 Å². The third-order valence-electron chi connectivity index (χ3n) is 3.90. The predicted molar refractivity (Wildman–Crippen MR) is 95.7 cm³/mol. The highest BCUT2D eigenvalue weighted by Crippen LogP contribution is 2.30. The minimum atomic E-state index is -3.88. The lowest BCUT2D eigenvalue weighted by Crippen LogP contribution is -2.40. The Morgan fingerprint density at radius 1 is 1.32 bits per heavy atom. The first kappa shape index (κ1) is 18.1. The monoisotopic (exact) mass is 386 g/mol. The molecule has 25 heavy (non-hydrogen) atoms. The minimum absolute atomic E-state index is 0.140. The lowest BCUT2D eigenvalue weighted by atomic mass is 10.3. The van der Waals surface area contributed by atoms with Crippen molar-refractivity contribution in [3.05, 3.63) is 28.3 Å². The maximum absolute atomic E-state index is 12.9. The second kappa shape index (κ2) is 7.68. The average Bonchev–Trinajstić information content (AvgIpc) is 3.14. The van der Waals surface area contributed by atoms with Gasteiger partial charge in [-0.25, -0.2) is 8.42 Å². The normalized spacial score (nSPS) is 20.7. The molecule has 9 nitrogen and oxygen atoms in total. The lowest BCUT2D eigenvalue weighted by molar-refractivity contribution is -0.385. The maximum atomic E-state index is 12.9. The number of non-ortho nitro benzene ring substituents is 1. The summed E-state index contributed by atoms with van der Waals surface area (Å²) in [6.07, 6.45) is 0.843. The highest BCUT2D eigenvalue weighted by Gasteiger charge is 2.30. The molecular weight excluding hydrogens is 368 g/mol. The SMILES string of the molecule is O=[N+]([O-])c1ccc(N/N=C2\CCSC2)c(S(=O)(=O)N2CCOCC2)c1. The van der Waals surface area contributed by atoms with E-state index in [9.17, 15) is 18.5 Å². The molecule has 0 aliphatic carbocycles. The molecule has 0 spiro atoms. The fourth-order valence-electron chi connectivity index (χ4n) is 2.54. The molecule has 0 amide bonds. The Kier molecular flexibility index (Phi) is 5.57. The smallest absolute Gasteiger partial charge is 0.270 e. The molecule has 2 saturated heterocycles. The molecule has 3 rings (SSSR count). The Labute approximate surface area is 149 Å². The van der Waals surface area contributed by atoms with E-state index in [4.69, 9.17) is 4.74 Å². The van der Waals surface area contributed by atoms with Crippen LogP contribution in [0.15, 0.2) is 28.2 Å². The van der Waals surface area contributed by atoms with Gasteiger partial charge >= 0.3 is 0 Å². The molecule has 136 valence electrons. The average molecular weight is 386 g/mol. The van der Waals surface area contributed by atoms with E-state index >= 15 is 0 Å². The van der Waals surface area contributed by atoms with Crippen LogP contribution in [0.2, 0.25) is 0 Å². The minimum Gasteiger partial charge on any atom is -0.379 e. The van der Waals surface area contributed by atoms with Crippen LogP contribution < -0.4 is 5.43 Å². The number of rotatable bonds is 5. The van der Waals surface area contributed by atoms with E-state index in [-0.39, 0.29) is 29.4 Å². The molecule has 1 aromatic carbocycles. The van der Waals surface area contributed by atoms with Gasteiger partial charge in [-0.1, -0.05) is 0 Å². The largest absolute Gasteiger partial charge is 0.379 e. The standard InChI is InChI=1S/C14H18N4O5S2/c19-18(20)12-1-2-13(16-15-11-3-8-24-10-11)14(9-12)25(21,22)17-4-6-23-7-5-17/h1-2,9,16H,3-8,10H2/b15-11+. The summed E-state index contributed by atoms with van der Waals surface area (Å²) in [5.41, 5.74) is 3.69. The Morgan fingerprint density at radius 2 is 2.08 bits per heavy atom. The van der Waals surface area contributed by atoms with Gasteiger partial charge in [-0.15, -0.1) is 0 Å². The zero-order valence-corrected chi connectivity index (χ0v) is 15.0. The van der Waals surface area contributed by atoms with Gasteiger partial charge in [0, 0.05) is 36.7 Å². The second-order valence-corrected chi connectivity index (χ2v) is 8.56. The van der Waals surface area contributed by atoms with E-state index in [0.717, 1.165) is 29.7 Å². The zero-order valence-electron chi connectivity index (χ0n) is 13.4. The number of sulfonamides is 1. The summed E-state index contributed by atoms with van der Waals surface area (Å²) in [6, 6.07) is 3.73. The summed E-state index contributed by atoms with van der Waals surface area (Å²) in [4.78, 5) is 10.3. The summed E-state index contributed by atoms with van der Waals surface area (Å²) in [5.74, 6) is 1.78. The Hall–Kier alpha value is -1.69. The first-order valence-electron chi connectivity index (χ1n) is 7.74. The van der Waals surface area contributed by atoms with Gasteiger partial charge in [0.1, 0.15) is 4.90 Å². The molecule has 0 aromatic heterocycles. The summed E-state index contributed by atoms with van der Waals surface area (Å²) in [6.45, 7) is 1.04. The number of anilines is 1. The molecule has 1 N–H and O–H groups in total. The maximum Gasteiger partial charge on any atom is 0.270 e. The Balaban J connectivity index is 1.97. The third-order valence-corrected chi connectivity index (χ3v) is 6.87. The number of nitrogens with one attached hydrogen (secondary N) is 1. The van der Waals surface area contributed by atoms with Crippen LogP contribution in [0.3, 0.4) is 0 Å². The first-order valence-corrected chi connectivity index (χ1v) is 10.3. The molecule has 0 radical (unpaired) electrons. The topological polar surface area (TPSA) is 114 Å². The fraction of sp³-hybridized carbons (Fsp3) is 0.500. The van der Waals surface area contributed by atoms with Crippen LogP contribution in [0, 0.1) is 10.1 Å². The number of benzene rings is 1. The number of hydrazone groups is 1. The highest BCUT2D eigenvalue weighted by atomic mass is 32.2. The molecule has 2 aliphatic heterocycles. The van der Waals surface area contributed by atoms with Crippen molar-refractivity contribution in [1.29, 1.82) is 0 Å². The summed E-state index contributed by atoms with van der Waals surface area (Å²) in [7, 11) is -3.88. The van der Waals surface area contributed by atoms with E-state index in [1.807, 2.05) is 0 Å². The fourth-order valence-corrected chi connectivity index (χ4v) is 5.07. The van der Waals surface area contributed by atoms with Gasteiger partial charge in [0.05, 0.1) is 23.8 Å². The van der Waals surface area contributed by atoms with Crippen molar-refractivity contribution in [3.63, 3.8) is 0 Å². The van der Waals surface area contributed by atoms with Gasteiger partial charge in [-0.05, 0) is 18.2 Å². The van der Waals surface area contributed by atoms with Crippen LogP contribution in [0.1, 0.15) is 6.42 Å². The number of morpholine rings is 1. The van der Waals surface area contributed by atoms with Crippen molar-refractivity contribution in [2.45, 2.75) is 11.3 Å². The van der Waals surface area contributed by atoms with E-state index in [2.05, 4.69) is 10.5 Å². The molecule has 1 aromatic rings. The second-order valence-electron chi connectivity index (χ2n) is 5.55. The molecule has 0 atom stereocenters. The van der Waals surface area contributed by atoms with Crippen molar-refractivity contribution in [2.75, 3.05) is 43.2 Å². The van der Waals surface area contributed by atoms with Gasteiger partial charge < -0.3 is 4.74 Å². The van der Waals surface area contributed by atoms with Crippen molar-refractivity contribution in [3.8, 4) is 0 Å². The van der Waals surface area contributed by atoms with Gasteiger partial charge in [0.25, 0.3) is 5.69 Å². The zero-order chi connectivity index (χ0) is 17.9. The van der Waals surface area contributed by atoms with Gasteiger partial charge in [-0.3, -0.25) is 15.5 Å². The molecule has 2 aliphatic rings. The number of hydrogen-bond acceptors (Lipinski definition) is 8. The molecule has 2 heterocycles. The van der Waals surface area contributed by atoms with Gasteiger partial charge in [0.2, 0.25) is 10.0 Å². The Morgan fingerprint density at radius 3 is 2.72 bits per heavy atom. The van der Waals surface area contributed by atoms with E-state index in [1.54, 1.807) is 11.8 Å². The number of hydrogen-bond donors (Lipinski definition) is 1. The molecular formula is C14H18N4O5S2. The van der Waals surface area contributed by atoms with Gasteiger partial charge in [-0.2, -0.15) is 21.2 Å². The molecule has 0 unspecified atom stereocenters. The number of nitrogens with zero attached hydrogens (tertiary/aromatic N) is 3. The molecule has 2 fully saturated rings. The van der Waals surface area contributed by atoms with Gasteiger partial charge in [0.15, 0.2) is 0 Å². The summed E-state index contributed by atoms with van der Waals surface area (Å²) >= 11 is 1.76. The van der Waals surface area contributed by atoms with E-state index < -0.39 is 14.9 Å². The summed E-state index contributed by atoms with van der Waals surface area (Å²) in [5, 5.41) is 15.3. The van der Waals surface area contributed by atoms with Crippen molar-refractivity contribution in [2.24, 2.45) is 5.10 Å². The molecule has 0 saturated carbocycles.